The third-order valence-corrected chi connectivity index (χ3v) is 4.30. The van der Waals surface area contributed by atoms with E-state index in [1.54, 1.807) is 50.1 Å². The van der Waals surface area contributed by atoms with Crippen molar-refractivity contribution in [2.45, 2.75) is 26.8 Å². The van der Waals surface area contributed by atoms with E-state index in [0.29, 0.717) is 22.4 Å². The highest BCUT2D eigenvalue weighted by Crippen LogP contribution is 2.27. The van der Waals surface area contributed by atoms with Crippen molar-refractivity contribution < 1.29 is 23.8 Å². The molecule has 2 rings (SSSR count). The molecule has 0 heterocycles. The van der Waals surface area contributed by atoms with Gasteiger partial charge in [-0.2, -0.15) is 0 Å². The Morgan fingerprint density at radius 3 is 2.19 bits per heavy atom. The van der Waals surface area contributed by atoms with Crippen LogP contribution in [0.4, 0.5) is 4.39 Å². The molecule has 1 amide bonds. The molecule has 0 aromatic heterocycles. The van der Waals surface area contributed by atoms with E-state index in [1.165, 1.54) is 12.1 Å². The summed E-state index contributed by atoms with van der Waals surface area (Å²) in [4.78, 5) is 25.1. The molecule has 6 heteroatoms. The summed E-state index contributed by atoms with van der Waals surface area (Å²) in [5, 5.41) is 8.75. The number of aliphatic carboxylic acids is 1. The summed E-state index contributed by atoms with van der Waals surface area (Å²) >= 11 is 0. The van der Waals surface area contributed by atoms with E-state index < -0.39 is 12.6 Å². The molecule has 0 bridgehead atoms. The van der Waals surface area contributed by atoms with E-state index in [-0.39, 0.29) is 17.8 Å². The molecule has 2 aromatic carbocycles. The maximum absolute atomic E-state index is 13.1. The minimum Gasteiger partial charge on any atom is -0.481 e. The Kier molecular flexibility index (Phi) is 5.97. The van der Waals surface area contributed by atoms with E-state index in [9.17, 15) is 14.0 Å². The molecule has 1 N–H and O–H groups in total. The Morgan fingerprint density at radius 1 is 1.15 bits per heavy atom. The number of ether oxygens (including phenoxy) is 1. The Balaban J connectivity index is 2.22. The molecular formula is C20H22FNO4. The molecule has 1 unspecified atom stereocenters. The highest BCUT2D eigenvalue weighted by atomic mass is 19.1. The van der Waals surface area contributed by atoms with Gasteiger partial charge in [0, 0.05) is 12.6 Å². The number of carboxylic acid groups (broad SMARTS) is 1. The molecule has 0 saturated heterocycles. The van der Waals surface area contributed by atoms with Gasteiger partial charge in [-0.05, 0) is 61.7 Å². The number of amides is 1. The number of nitrogens with zero attached hydrogens (tertiary/aromatic N) is 1. The van der Waals surface area contributed by atoms with Gasteiger partial charge < -0.3 is 14.7 Å². The molecule has 0 fully saturated rings. The molecule has 0 aliphatic carbocycles. The predicted molar refractivity (Wildman–Crippen MR) is 96.0 cm³/mol. The molecule has 5 nitrogen and oxygen atoms in total. The number of carboxylic acids is 1. The lowest BCUT2D eigenvalue weighted by Gasteiger charge is -2.26. The number of halogens is 1. The zero-order valence-corrected chi connectivity index (χ0v) is 15.2. The second kappa shape index (κ2) is 7.99. The summed E-state index contributed by atoms with van der Waals surface area (Å²) in [6, 6.07) is 9.18. The van der Waals surface area contributed by atoms with Gasteiger partial charge in [-0.25, -0.2) is 9.18 Å². The maximum Gasteiger partial charge on any atom is 0.341 e. The van der Waals surface area contributed by atoms with Gasteiger partial charge in [0.25, 0.3) is 5.91 Å². The van der Waals surface area contributed by atoms with Crippen molar-refractivity contribution in [3.63, 3.8) is 0 Å². The largest absolute Gasteiger partial charge is 0.481 e. The van der Waals surface area contributed by atoms with Gasteiger partial charge in [-0.3, -0.25) is 4.79 Å². The van der Waals surface area contributed by atoms with E-state index in [2.05, 4.69) is 0 Å². The average molecular weight is 359 g/mol. The van der Waals surface area contributed by atoms with Gasteiger partial charge in [0.2, 0.25) is 0 Å². The second-order valence-electron chi connectivity index (χ2n) is 6.27. The van der Waals surface area contributed by atoms with Crippen LogP contribution in [0.1, 0.15) is 40.0 Å². The van der Waals surface area contributed by atoms with Crippen LogP contribution in [0.25, 0.3) is 0 Å². The monoisotopic (exact) mass is 359 g/mol. The smallest absolute Gasteiger partial charge is 0.341 e. The summed E-state index contributed by atoms with van der Waals surface area (Å²) in [5.74, 6) is -1.09. The van der Waals surface area contributed by atoms with Gasteiger partial charge >= 0.3 is 5.97 Å². The molecule has 2 aromatic rings. The molecular weight excluding hydrogens is 337 g/mol. The lowest BCUT2D eigenvalue weighted by molar-refractivity contribution is -0.139. The zero-order chi connectivity index (χ0) is 19.4. The first-order valence-corrected chi connectivity index (χ1v) is 8.19. The Labute approximate surface area is 152 Å². The lowest BCUT2D eigenvalue weighted by atomic mass is 10.0. The van der Waals surface area contributed by atoms with E-state index in [4.69, 9.17) is 9.84 Å². The Bertz CT molecular complexity index is 794. The number of aryl methyl sites for hydroxylation is 2. The number of carbonyl (C=O) groups excluding carboxylic acids is 1. The lowest BCUT2D eigenvalue weighted by Crippen LogP contribution is -2.29. The van der Waals surface area contributed by atoms with Crippen LogP contribution in [0.15, 0.2) is 36.4 Å². The van der Waals surface area contributed by atoms with Gasteiger partial charge in [-0.15, -0.1) is 0 Å². The fraction of sp³-hybridized carbons (Fsp3) is 0.300. The van der Waals surface area contributed by atoms with Crippen molar-refractivity contribution in [2.24, 2.45) is 0 Å². The highest BCUT2D eigenvalue weighted by molar-refractivity contribution is 5.95. The Hall–Kier alpha value is -2.89. The summed E-state index contributed by atoms with van der Waals surface area (Å²) < 4.78 is 18.4. The molecule has 138 valence electrons. The summed E-state index contributed by atoms with van der Waals surface area (Å²) in [6.45, 7) is 4.97. The topological polar surface area (TPSA) is 66.8 Å². The summed E-state index contributed by atoms with van der Waals surface area (Å²) in [5.41, 5.74) is 2.70. The molecule has 0 radical (unpaired) electrons. The first-order chi connectivity index (χ1) is 12.2. The third kappa shape index (κ3) is 4.39. The normalized spacial score (nSPS) is 11.7. The summed E-state index contributed by atoms with van der Waals surface area (Å²) in [7, 11) is 1.69. The van der Waals surface area contributed by atoms with Crippen molar-refractivity contribution >= 4 is 11.9 Å². The quantitative estimate of drug-likeness (QED) is 0.853. The SMILES string of the molecule is Cc1cc(C(=O)N(C)C(C)c2ccc(F)cc2)cc(C)c1OCC(=O)O. The van der Waals surface area contributed by atoms with Crippen LogP contribution in [0.3, 0.4) is 0 Å². The van der Waals surface area contributed by atoms with Crippen LogP contribution >= 0.6 is 0 Å². The fourth-order valence-electron chi connectivity index (χ4n) is 2.78. The highest BCUT2D eigenvalue weighted by Gasteiger charge is 2.21. The van der Waals surface area contributed by atoms with Crippen LogP contribution in [0.2, 0.25) is 0 Å². The molecule has 0 spiro atoms. The summed E-state index contributed by atoms with van der Waals surface area (Å²) in [6.07, 6.45) is 0. The van der Waals surface area contributed by atoms with Crippen LogP contribution in [-0.2, 0) is 4.79 Å². The standard InChI is InChI=1S/C20H22FNO4/c1-12-9-16(10-13(2)19(12)26-11-18(23)24)20(25)22(4)14(3)15-5-7-17(21)8-6-15/h5-10,14H,11H2,1-4H3,(H,23,24). The zero-order valence-electron chi connectivity index (χ0n) is 15.2. The van der Waals surface area contributed by atoms with Crippen LogP contribution < -0.4 is 4.74 Å². The number of hydrogen-bond donors (Lipinski definition) is 1. The first kappa shape index (κ1) is 19.4. The fourth-order valence-corrected chi connectivity index (χ4v) is 2.78. The average Bonchev–Trinajstić information content (AvgIpc) is 2.59. The predicted octanol–water partition coefficient (Wildman–Crippen LogP) is 3.74. The van der Waals surface area contributed by atoms with Gasteiger partial charge in [0.1, 0.15) is 11.6 Å². The Morgan fingerprint density at radius 2 is 1.69 bits per heavy atom. The molecule has 0 aliphatic heterocycles. The van der Waals surface area contributed by atoms with Crippen molar-refractivity contribution in [1.29, 1.82) is 0 Å². The van der Waals surface area contributed by atoms with Gasteiger partial charge in [0.05, 0.1) is 6.04 Å². The van der Waals surface area contributed by atoms with Crippen molar-refractivity contribution in [1.82, 2.24) is 4.90 Å². The number of benzene rings is 2. The minimum atomic E-state index is -1.06. The van der Waals surface area contributed by atoms with E-state index in [0.717, 1.165) is 5.56 Å². The van der Waals surface area contributed by atoms with Crippen molar-refractivity contribution in [3.8, 4) is 5.75 Å². The van der Waals surface area contributed by atoms with Crippen molar-refractivity contribution in [2.75, 3.05) is 13.7 Å². The molecule has 1 atom stereocenters. The number of carbonyl (C=O) groups is 2. The molecule has 0 aliphatic rings. The van der Waals surface area contributed by atoms with Gasteiger partial charge in [-0.1, -0.05) is 12.1 Å². The van der Waals surface area contributed by atoms with Crippen LogP contribution in [0.5, 0.6) is 5.75 Å². The maximum atomic E-state index is 13.1. The first-order valence-electron chi connectivity index (χ1n) is 8.19. The van der Waals surface area contributed by atoms with E-state index in [1.807, 2.05) is 6.92 Å². The van der Waals surface area contributed by atoms with Crippen molar-refractivity contribution in [3.05, 3.63) is 64.5 Å². The van der Waals surface area contributed by atoms with Gasteiger partial charge in [0.15, 0.2) is 6.61 Å². The second-order valence-corrected chi connectivity index (χ2v) is 6.27. The molecule has 0 saturated carbocycles. The molecule has 26 heavy (non-hydrogen) atoms. The van der Waals surface area contributed by atoms with Crippen LogP contribution in [-0.4, -0.2) is 35.5 Å². The minimum absolute atomic E-state index is 0.183. The third-order valence-electron chi connectivity index (χ3n) is 4.30. The number of rotatable bonds is 6. The van der Waals surface area contributed by atoms with E-state index >= 15 is 0 Å². The number of hydrogen-bond acceptors (Lipinski definition) is 3. The van der Waals surface area contributed by atoms with Crippen LogP contribution in [0, 0.1) is 19.7 Å².